The van der Waals surface area contributed by atoms with Gasteiger partial charge in [0.2, 0.25) is 0 Å². The smallest absolute Gasteiger partial charge is 0.292 e. The number of nitro groups is 1. The summed E-state index contributed by atoms with van der Waals surface area (Å²) in [6, 6.07) is 6.70. The molecule has 0 aliphatic rings. The molecule has 0 heterocycles. The number of rotatable bonds is 6. The van der Waals surface area contributed by atoms with Gasteiger partial charge in [-0.05, 0) is 33.1 Å². The molecule has 0 radical (unpaired) electrons. The highest BCUT2D eigenvalue weighted by molar-refractivity contribution is 5.60. The zero-order valence-electron chi connectivity index (χ0n) is 9.64. The normalized spacial score (nSPS) is 10.4. The SMILES string of the molecule is CN(C)CCCNc1ccccc1[N+](=O)[O-]. The van der Waals surface area contributed by atoms with Gasteiger partial charge in [-0.3, -0.25) is 10.1 Å². The number of nitrogens with one attached hydrogen (secondary N) is 1. The number of nitro benzene ring substituents is 1. The van der Waals surface area contributed by atoms with Gasteiger partial charge in [-0.2, -0.15) is 0 Å². The second-order valence-corrected chi connectivity index (χ2v) is 3.86. The van der Waals surface area contributed by atoms with E-state index in [1.165, 1.54) is 6.07 Å². The number of para-hydroxylation sites is 2. The Morgan fingerprint density at radius 3 is 2.69 bits per heavy atom. The second kappa shape index (κ2) is 6.07. The van der Waals surface area contributed by atoms with Crippen LogP contribution in [0.25, 0.3) is 0 Å². The number of anilines is 1. The Balaban J connectivity index is 2.50. The molecule has 1 N–H and O–H groups in total. The highest BCUT2D eigenvalue weighted by Gasteiger charge is 2.10. The quantitative estimate of drug-likeness (QED) is 0.455. The van der Waals surface area contributed by atoms with Crippen molar-refractivity contribution >= 4 is 11.4 Å². The summed E-state index contributed by atoms with van der Waals surface area (Å²) < 4.78 is 0. The highest BCUT2D eigenvalue weighted by Crippen LogP contribution is 2.22. The molecule has 16 heavy (non-hydrogen) atoms. The van der Waals surface area contributed by atoms with Crippen LogP contribution < -0.4 is 5.32 Å². The van der Waals surface area contributed by atoms with Gasteiger partial charge in [-0.25, -0.2) is 0 Å². The summed E-state index contributed by atoms with van der Waals surface area (Å²) in [6.07, 6.45) is 0.957. The van der Waals surface area contributed by atoms with E-state index in [2.05, 4.69) is 10.2 Å². The number of hydrogen-bond acceptors (Lipinski definition) is 4. The molecule has 0 aromatic heterocycles. The second-order valence-electron chi connectivity index (χ2n) is 3.86. The van der Waals surface area contributed by atoms with Crippen LogP contribution in [-0.4, -0.2) is 37.0 Å². The Morgan fingerprint density at radius 1 is 1.38 bits per heavy atom. The lowest BCUT2D eigenvalue weighted by molar-refractivity contribution is -0.384. The summed E-state index contributed by atoms with van der Waals surface area (Å²) in [6.45, 7) is 1.71. The van der Waals surface area contributed by atoms with Gasteiger partial charge in [0, 0.05) is 12.6 Å². The van der Waals surface area contributed by atoms with Crippen molar-refractivity contribution < 1.29 is 4.92 Å². The minimum atomic E-state index is -0.367. The third-order valence-corrected chi connectivity index (χ3v) is 2.20. The topological polar surface area (TPSA) is 58.4 Å². The van der Waals surface area contributed by atoms with Crippen molar-refractivity contribution in [1.82, 2.24) is 4.90 Å². The average molecular weight is 223 g/mol. The van der Waals surface area contributed by atoms with Crippen LogP contribution in [0.15, 0.2) is 24.3 Å². The summed E-state index contributed by atoms with van der Waals surface area (Å²) in [7, 11) is 4.01. The number of nitrogens with zero attached hydrogens (tertiary/aromatic N) is 2. The molecule has 0 saturated heterocycles. The molecule has 0 amide bonds. The molecule has 0 atom stereocenters. The molecule has 1 aromatic rings. The largest absolute Gasteiger partial charge is 0.379 e. The fraction of sp³-hybridized carbons (Fsp3) is 0.455. The van der Waals surface area contributed by atoms with Gasteiger partial charge in [-0.15, -0.1) is 0 Å². The van der Waals surface area contributed by atoms with E-state index >= 15 is 0 Å². The van der Waals surface area contributed by atoms with Crippen molar-refractivity contribution in [3.63, 3.8) is 0 Å². The van der Waals surface area contributed by atoms with Gasteiger partial charge in [0.1, 0.15) is 5.69 Å². The maximum absolute atomic E-state index is 10.7. The van der Waals surface area contributed by atoms with Gasteiger partial charge in [0.05, 0.1) is 4.92 Å². The molecule has 0 saturated carbocycles. The molecule has 0 bridgehead atoms. The van der Waals surface area contributed by atoms with E-state index < -0.39 is 0 Å². The van der Waals surface area contributed by atoms with E-state index in [0.717, 1.165) is 19.5 Å². The molecular weight excluding hydrogens is 206 g/mol. The highest BCUT2D eigenvalue weighted by atomic mass is 16.6. The van der Waals surface area contributed by atoms with Gasteiger partial charge in [0.25, 0.3) is 5.69 Å². The summed E-state index contributed by atoms with van der Waals surface area (Å²) >= 11 is 0. The molecule has 5 nitrogen and oxygen atoms in total. The predicted molar refractivity (Wildman–Crippen MR) is 64.8 cm³/mol. The Hall–Kier alpha value is -1.62. The van der Waals surface area contributed by atoms with Crippen LogP contribution in [0.1, 0.15) is 6.42 Å². The van der Waals surface area contributed by atoms with Crippen molar-refractivity contribution in [2.24, 2.45) is 0 Å². The minimum Gasteiger partial charge on any atom is -0.379 e. The maximum atomic E-state index is 10.7. The van der Waals surface area contributed by atoms with Crippen LogP contribution in [0.5, 0.6) is 0 Å². The Labute approximate surface area is 95.2 Å². The Bertz CT molecular complexity index is 353. The average Bonchev–Trinajstić information content (AvgIpc) is 2.24. The summed E-state index contributed by atoms with van der Waals surface area (Å²) in [5, 5.41) is 13.8. The van der Waals surface area contributed by atoms with E-state index in [1.807, 2.05) is 14.1 Å². The van der Waals surface area contributed by atoms with E-state index in [-0.39, 0.29) is 10.6 Å². The van der Waals surface area contributed by atoms with Gasteiger partial charge in [0.15, 0.2) is 0 Å². The van der Waals surface area contributed by atoms with Crippen LogP contribution in [0, 0.1) is 10.1 Å². The lowest BCUT2D eigenvalue weighted by Gasteiger charge is -2.10. The first kappa shape index (κ1) is 12.4. The molecular formula is C11H17N3O2. The van der Waals surface area contributed by atoms with E-state index in [9.17, 15) is 10.1 Å². The third-order valence-electron chi connectivity index (χ3n) is 2.20. The van der Waals surface area contributed by atoms with Crippen LogP contribution in [-0.2, 0) is 0 Å². The van der Waals surface area contributed by atoms with Crippen molar-refractivity contribution in [1.29, 1.82) is 0 Å². The zero-order chi connectivity index (χ0) is 12.0. The molecule has 0 fully saturated rings. The van der Waals surface area contributed by atoms with Gasteiger partial charge < -0.3 is 10.2 Å². The Morgan fingerprint density at radius 2 is 2.06 bits per heavy atom. The van der Waals surface area contributed by atoms with Crippen LogP contribution >= 0.6 is 0 Å². The molecule has 88 valence electrons. The third kappa shape index (κ3) is 3.86. The Kier molecular flexibility index (Phi) is 4.72. The van der Waals surface area contributed by atoms with Crippen LogP contribution in [0.3, 0.4) is 0 Å². The number of hydrogen-bond donors (Lipinski definition) is 1. The fourth-order valence-corrected chi connectivity index (χ4v) is 1.40. The van der Waals surface area contributed by atoms with Crippen molar-refractivity contribution in [2.45, 2.75) is 6.42 Å². The van der Waals surface area contributed by atoms with Crippen molar-refractivity contribution in [2.75, 3.05) is 32.5 Å². The first-order chi connectivity index (χ1) is 7.61. The summed E-state index contributed by atoms with van der Waals surface area (Å²) in [5.41, 5.74) is 0.721. The number of benzene rings is 1. The lowest BCUT2D eigenvalue weighted by atomic mass is 10.2. The summed E-state index contributed by atoms with van der Waals surface area (Å²) in [4.78, 5) is 12.4. The van der Waals surface area contributed by atoms with Gasteiger partial charge >= 0.3 is 0 Å². The molecule has 1 aromatic carbocycles. The minimum absolute atomic E-state index is 0.132. The molecule has 0 aliphatic heterocycles. The molecule has 5 heteroatoms. The zero-order valence-corrected chi connectivity index (χ0v) is 9.64. The van der Waals surface area contributed by atoms with Crippen LogP contribution in [0.2, 0.25) is 0 Å². The lowest BCUT2D eigenvalue weighted by Crippen LogP contribution is -2.16. The fourth-order valence-electron chi connectivity index (χ4n) is 1.40. The molecule has 0 unspecified atom stereocenters. The van der Waals surface area contributed by atoms with Crippen LogP contribution in [0.4, 0.5) is 11.4 Å². The van der Waals surface area contributed by atoms with Crippen molar-refractivity contribution in [3.05, 3.63) is 34.4 Å². The first-order valence-electron chi connectivity index (χ1n) is 5.23. The molecule has 1 rings (SSSR count). The summed E-state index contributed by atoms with van der Waals surface area (Å²) in [5.74, 6) is 0. The predicted octanol–water partition coefficient (Wildman–Crippen LogP) is 1.96. The molecule has 0 aliphatic carbocycles. The van der Waals surface area contributed by atoms with E-state index in [1.54, 1.807) is 18.2 Å². The standard InChI is InChI=1S/C11H17N3O2/c1-13(2)9-5-8-12-10-6-3-4-7-11(10)14(15)16/h3-4,6-7,12H,5,8-9H2,1-2H3. The monoisotopic (exact) mass is 223 g/mol. The van der Waals surface area contributed by atoms with Crippen molar-refractivity contribution in [3.8, 4) is 0 Å². The molecule has 0 spiro atoms. The van der Waals surface area contributed by atoms with E-state index in [4.69, 9.17) is 0 Å². The van der Waals surface area contributed by atoms with Gasteiger partial charge in [-0.1, -0.05) is 12.1 Å². The maximum Gasteiger partial charge on any atom is 0.292 e. The first-order valence-corrected chi connectivity index (χ1v) is 5.23. The van der Waals surface area contributed by atoms with E-state index in [0.29, 0.717) is 5.69 Å².